The van der Waals surface area contributed by atoms with E-state index in [1.165, 1.54) is 11.3 Å². The van der Waals surface area contributed by atoms with E-state index in [9.17, 15) is 0 Å². The van der Waals surface area contributed by atoms with Crippen molar-refractivity contribution in [1.82, 2.24) is 9.97 Å². The normalized spacial score (nSPS) is 11.0. The standard InChI is InChI=1S/C15H27N3/c1-6-10-16-14-11(5)13(9-4)17-15(18-14)12(7-2)8-3/h12H,6-10H2,1-5H3,(H,16,17,18). The number of hydrogen-bond acceptors (Lipinski definition) is 3. The molecule has 0 unspecified atom stereocenters. The van der Waals surface area contributed by atoms with E-state index in [-0.39, 0.29) is 0 Å². The maximum absolute atomic E-state index is 4.75. The smallest absolute Gasteiger partial charge is 0.134 e. The third kappa shape index (κ3) is 3.44. The van der Waals surface area contributed by atoms with Gasteiger partial charge in [0.15, 0.2) is 0 Å². The summed E-state index contributed by atoms with van der Waals surface area (Å²) in [7, 11) is 0. The third-order valence-corrected chi connectivity index (χ3v) is 3.49. The van der Waals surface area contributed by atoms with Crippen molar-refractivity contribution >= 4 is 5.82 Å². The molecule has 0 radical (unpaired) electrons. The van der Waals surface area contributed by atoms with Crippen LogP contribution in [0.15, 0.2) is 0 Å². The fraction of sp³-hybridized carbons (Fsp3) is 0.733. The molecule has 1 heterocycles. The second kappa shape index (κ2) is 7.34. The van der Waals surface area contributed by atoms with E-state index in [0.29, 0.717) is 5.92 Å². The molecule has 0 saturated carbocycles. The maximum Gasteiger partial charge on any atom is 0.134 e. The highest BCUT2D eigenvalue weighted by Crippen LogP contribution is 2.24. The summed E-state index contributed by atoms with van der Waals surface area (Å²) in [4.78, 5) is 9.49. The predicted molar refractivity (Wildman–Crippen MR) is 78.3 cm³/mol. The van der Waals surface area contributed by atoms with Crippen molar-refractivity contribution < 1.29 is 0 Å². The number of aromatic nitrogens is 2. The van der Waals surface area contributed by atoms with E-state index in [0.717, 1.165) is 43.9 Å². The summed E-state index contributed by atoms with van der Waals surface area (Å²) in [5.74, 6) is 2.53. The van der Waals surface area contributed by atoms with Crippen LogP contribution in [0.1, 0.15) is 70.0 Å². The Labute approximate surface area is 111 Å². The molecule has 102 valence electrons. The Morgan fingerprint density at radius 2 is 1.72 bits per heavy atom. The quantitative estimate of drug-likeness (QED) is 0.791. The molecule has 0 fully saturated rings. The van der Waals surface area contributed by atoms with Crippen molar-refractivity contribution in [3.63, 3.8) is 0 Å². The van der Waals surface area contributed by atoms with Crippen LogP contribution in [0.3, 0.4) is 0 Å². The average molecular weight is 249 g/mol. The maximum atomic E-state index is 4.75. The van der Waals surface area contributed by atoms with Crippen LogP contribution in [-0.2, 0) is 6.42 Å². The van der Waals surface area contributed by atoms with Crippen LogP contribution in [0.25, 0.3) is 0 Å². The highest BCUT2D eigenvalue weighted by atomic mass is 15.0. The highest BCUT2D eigenvalue weighted by molar-refractivity contribution is 5.46. The van der Waals surface area contributed by atoms with Gasteiger partial charge in [-0.25, -0.2) is 9.97 Å². The zero-order valence-corrected chi connectivity index (χ0v) is 12.5. The molecule has 0 aliphatic carbocycles. The van der Waals surface area contributed by atoms with Gasteiger partial charge in [-0.2, -0.15) is 0 Å². The zero-order chi connectivity index (χ0) is 13.5. The molecule has 0 spiro atoms. The van der Waals surface area contributed by atoms with Gasteiger partial charge in [0, 0.05) is 23.7 Å². The summed E-state index contributed by atoms with van der Waals surface area (Å²) < 4.78 is 0. The Balaban J connectivity index is 3.12. The minimum absolute atomic E-state index is 0.484. The van der Waals surface area contributed by atoms with Gasteiger partial charge >= 0.3 is 0 Å². The first kappa shape index (κ1) is 14.9. The summed E-state index contributed by atoms with van der Waals surface area (Å²) in [6.07, 6.45) is 4.30. The van der Waals surface area contributed by atoms with E-state index in [4.69, 9.17) is 9.97 Å². The first-order valence-electron chi connectivity index (χ1n) is 7.29. The lowest BCUT2D eigenvalue weighted by Crippen LogP contribution is -2.12. The first-order valence-corrected chi connectivity index (χ1v) is 7.29. The molecule has 0 saturated heterocycles. The SMILES string of the molecule is CCCNc1nc(C(CC)CC)nc(CC)c1C. The van der Waals surface area contributed by atoms with Crippen molar-refractivity contribution in [1.29, 1.82) is 0 Å². The molecule has 1 rings (SSSR count). The minimum atomic E-state index is 0.484. The second-order valence-corrected chi connectivity index (χ2v) is 4.80. The summed E-state index contributed by atoms with van der Waals surface area (Å²) in [5.41, 5.74) is 2.39. The lowest BCUT2D eigenvalue weighted by atomic mass is 10.0. The molecular formula is C15H27N3. The van der Waals surface area contributed by atoms with Crippen LogP contribution in [0, 0.1) is 6.92 Å². The molecule has 0 aliphatic rings. The highest BCUT2D eigenvalue weighted by Gasteiger charge is 2.15. The number of hydrogen-bond donors (Lipinski definition) is 1. The van der Waals surface area contributed by atoms with Gasteiger partial charge < -0.3 is 5.32 Å². The van der Waals surface area contributed by atoms with Crippen molar-refractivity contribution in [2.24, 2.45) is 0 Å². The lowest BCUT2D eigenvalue weighted by molar-refractivity contribution is 0.597. The third-order valence-electron chi connectivity index (χ3n) is 3.49. The van der Waals surface area contributed by atoms with E-state index < -0.39 is 0 Å². The van der Waals surface area contributed by atoms with Crippen LogP contribution in [-0.4, -0.2) is 16.5 Å². The van der Waals surface area contributed by atoms with Crippen LogP contribution in [0.2, 0.25) is 0 Å². The molecule has 0 aromatic carbocycles. The van der Waals surface area contributed by atoms with Gasteiger partial charge in [-0.05, 0) is 32.6 Å². The number of nitrogens with one attached hydrogen (secondary N) is 1. The van der Waals surface area contributed by atoms with E-state index in [1.54, 1.807) is 0 Å². The van der Waals surface area contributed by atoms with E-state index in [1.807, 2.05) is 0 Å². The molecule has 18 heavy (non-hydrogen) atoms. The number of nitrogens with zero attached hydrogens (tertiary/aromatic N) is 2. The molecule has 0 atom stereocenters. The molecule has 1 aromatic heterocycles. The molecule has 1 N–H and O–H groups in total. The van der Waals surface area contributed by atoms with Gasteiger partial charge in [-0.1, -0.05) is 27.7 Å². The largest absolute Gasteiger partial charge is 0.370 e. The first-order chi connectivity index (χ1) is 8.67. The monoisotopic (exact) mass is 249 g/mol. The average Bonchev–Trinajstić information content (AvgIpc) is 2.40. The molecular weight excluding hydrogens is 222 g/mol. The van der Waals surface area contributed by atoms with Crippen molar-refractivity contribution in [2.75, 3.05) is 11.9 Å². The van der Waals surface area contributed by atoms with Gasteiger partial charge in [0.05, 0.1) is 0 Å². The Bertz CT molecular complexity index is 370. The number of aryl methyl sites for hydroxylation is 1. The fourth-order valence-electron chi connectivity index (χ4n) is 2.18. The molecule has 0 amide bonds. The van der Waals surface area contributed by atoms with Crippen molar-refractivity contribution in [3.05, 3.63) is 17.1 Å². The number of anilines is 1. The van der Waals surface area contributed by atoms with Crippen LogP contribution in [0.4, 0.5) is 5.82 Å². The topological polar surface area (TPSA) is 37.8 Å². The molecule has 3 heteroatoms. The zero-order valence-electron chi connectivity index (χ0n) is 12.5. The van der Waals surface area contributed by atoms with Crippen LogP contribution >= 0.6 is 0 Å². The molecule has 0 aliphatic heterocycles. The van der Waals surface area contributed by atoms with Gasteiger partial charge in [0.2, 0.25) is 0 Å². The van der Waals surface area contributed by atoms with Crippen molar-refractivity contribution in [3.8, 4) is 0 Å². The van der Waals surface area contributed by atoms with Gasteiger partial charge in [0.25, 0.3) is 0 Å². The van der Waals surface area contributed by atoms with Gasteiger partial charge in [-0.3, -0.25) is 0 Å². The van der Waals surface area contributed by atoms with Gasteiger partial charge in [0.1, 0.15) is 11.6 Å². The molecule has 0 bridgehead atoms. The molecule has 3 nitrogen and oxygen atoms in total. The summed E-state index contributed by atoms with van der Waals surface area (Å²) in [5, 5.41) is 3.43. The lowest BCUT2D eigenvalue weighted by Gasteiger charge is -2.17. The van der Waals surface area contributed by atoms with Crippen LogP contribution < -0.4 is 5.32 Å². The summed E-state index contributed by atoms with van der Waals surface area (Å²) in [6, 6.07) is 0. The summed E-state index contributed by atoms with van der Waals surface area (Å²) in [6.45, 7) is 11.9. The summed E-state index contributed by atoms with van der Waals surface area (Å²) >= 11 is 0. The van der Waals surface area contributed by atoms with Gasteiger partial charge in [-0.15, -0.1) is 0 Å². The molecule has 1 aromatic rings. The predicted octanol–water partition coefficient (Wildman–Crippen LogP) is 4.07. The van der Waals surface area contributed by atoms with Crippen LogP contribution in [0.5, 0.6) is 0 Å². The van der Waals surface area contributed by atoms with E-state index in [2.05, 4.69) is 39.9 Å². The minimum Gasteiger partial charge on any atom is -0.370 e. The Morgan fingerprint density at radius 1 is 1.06 bits per heavy atom. The fourth-order valence-corrected chi connectivity index (χ4v) is 2.18. The second-order valence-electron chi connectivity index (χ2n) is 4.80. The van der Waals surface area contributed by atoms with E-state index >= 15 is 0 Å². The Morgan fingerprint density at radius 3 is 2.22 bits per heavy atom. The van der Waals surface area contributed by atoms with Crippen molar-refractivity contribution in [2.45, 2.75) is 66.2 Å². The number of rotatable bonds is 7. The Kier molecular flexibility index (Phi) is 6.10. The Hall–Kier alpha value is -1.12.